The quantitative estimate of drug-likeness (QED) is 0.398. The third-order valence-electron chi connectivity index (χ3n) is 5.24. The van der Waals surface area contributed by atoms with Crippen LogP contribution in [0.2, 0.25) is 5.02 Å². The molecule has 0 amide bonds. The Labute approximate surface area is 176 Å². The monoisotopic (exact) mass is 401 g/mol. The van der Waals surface area contributed by atoms with E-state index in [0.717, 1.165) is 29.6 Å². The minimum absolute atomic E-state index is 0.253. The molecule has 3 aromatic carbocycles. The summed E-state index contributed by atoms with van der Waals surface area (Å²) in [5.74, 6) is 0. The van der Waals surface area contributed by atoms with Gasteiger partial charge in [-0.25, -0.2) is 0 Å². The first-order valence-corrected chi connectivity index (χ1v) is 10.2. The minimum Gasteiger partial charge on any atom is -0.380 e. The molecule has 1 heterocycles. The highest BCUT2D eigenvalue weighted by Gasteiger charge is 2.14. The van der Waals surface area contributed by atoms with Gasteiger partial charge in [-0.1, -0.05) is 66.2 Å². The maximum atomic E-state index is 6.11. The van der Waals surface area contributed by atoms with Crippen molar-refractivity contribution in [2.75, 3.05) is 12.4 Å². The van der Waals surface area contributed by atoms with Crippen LogP contribution < -0.4 is 10.6 Å². The highest BCUT2D eigenvalue weighted by molar-refractivity contribution is 6.31. The second-order valence-electron chi connectivity index (χ2n) is 7.10. The molecular weight excluding hydrogens is 378 g/mol. The molecule has 0 saturated carbocycles. The Balaban J connectivity index is 1.57. The molecule has 0 spiro atoms. The summed E-state index contributed by atoms with van der Waals surface area (Å²) in [6, 6.07) is 27.3. The lowest BCUT2D eigenvalue weighted by Gasteiger charge is -2.21. The van der Waals surface area contributed by atoms with E-state index in [1.165, 1.54) is 16.7 Å². The third-order valence-corrected chi connectivity index (χ3v) is 5.47. The van der Waals surface area contributed by atoms with Gasteiger partial charge < -0.3 is 10.6 Å². The largest absolute Gasteiger partial charge is 0.380 e. The second kappa shape index (κ2) is 9.08. The van der Waals surface area contributed by atoms with Crippen LogP contribution in [0, 0.1) is 0 Å². The van der Waals surface area contributed by atoms with Crippen LogP contribution >= 0.6 is 11.6 Å². The van der Waals surface area contributed by atoms with Gasteiger partial charge in [-0.05, 0) is 54.4 Å². The summed E-state index contributed by atoms with van der Waals surface area (Å²) in [7, 11) is 2.03. The molecule has 4 heteroatoms. The highest BCUT2D eigenvalue weighted by Crippen LogP contribution is 2.27. The standard InChI is InChI=1S/C25H24ClN3/c1-27-24(15-18-7-3-2-4-8-18)21-10-6-5-9-19(21)17-29-23-13-14-28-25-16-20(26)11-12-22(23)25/h2-14,16,24,27H,15,17H2,1H3,(H,28,29). The Morgan fingerprint density at radius 1 is 0.931 bits per heavy atom. The zero-order valence-corrected chi connectivity index (χ0v) is 17.2. The molecule has 1 aromatic heterocycles. The van der Waals surface area contributed by atoms with Crippen LogP contribution in [0.25, 0.3) is 10.9 Å². The van der Waals surface area contributed by atoms with Crippen LogP contribution in [0.3, 0.4) is 0 Å². The highest BCUT2D eigenvalue weighted by atomic mass is 35.5. The summed E-state index contributed by atoms with van der Waals surface area (Å²) in [6.45, 7) is 0.741. The van der Waals surface area contributed by atoms with E-state index >= 15 is 0 Å². The van der Waals surface area contributed by atoms with Crippen LogP contribution in [0.1, 0.15) is 22.7 Å². The van der Waals surface area contributed by atoms with Gasteiger partial charge in [0.1, 0.15) is 0 Å². The number of nitrogens with zero attached hydrogens (tertiary/aromatic N) is 1. The molecular formula is C25H24ClN3. The van der Waals surface area contributed by atoms with Gasteiger partial charge in [0.2, 0.25) is 0 Å². The lowest BCUT2D eigenvalue weighted by atomic mass is 9.94. The summed E-state index contributed by atoms with van der Waals surface area (Å²) < 4.78 is 0. The van der Waals surface area contributed by atoms with Crippen molar-refractivity contribution >= 4 is 28.2 Å². The van der Waals surface area contributed by atoms with Gasteiger partial charge >= 0.3 is 0 Å². The molecule has 0 saturated heterocycles. The molecule has 0 aliphatic carbocycles. The average molecular weight is 402 g/mol. The molecule has 0 radical (unpaired) electrons. The number of halogens is 1. The van der Waals surface area contributed by atoms with Crippen LogP contribution in [0.4, 0.5) is 5.69 Å². The number of benzene rings is 3. The summed E-state index contributed by atoms with van der Waals surface area (Å²) in [4.78, 5) is 4.43. The van der Waals surface area contributed by atoms with Crippen LogP contribution in [0.5, 0.6) is 0 Å². The summed E-state index contributed by atoms with van der Waals surface area (Å²) in [5, 5.41) is 8.86. The zero-order valence-electron chi connectivity index (χ0n) is 16.4. The number of rotatable bonds is 7. The normalized spacial score (nSPS) is 12.1. The first-order valence-electron chi connectivity index (χ1n) is 9.82. The fourth-order valence-corrected chi connectivity index (χ4v) is 3.88. The topological polar surface area (TPSA) is 37.0 Å². The summed E-state index contributed by atoms with van der Waals surface area (Å²) in [6.07, 6.45) is 2.77. The predicted molar refractivity (Wildman–Crippen MR) is 122 cm³/mol. The van der Waals surface area contributed by atoms with Gasteiger partial charge in [-0.15, -0.1) is 0 Å². The summed E-state index contributed by atoms with van der Waals surface area (Å²) in [5.41, 5.74) is 5.87. The number of likely N-dealkylation sites (N-methyl/N-ethyl adjacent to an activating group) is 1. The number of pyridine rings is 1. The van der Waals surface area contributed by atoms with Gasteiger partial charge in [0.25, 0.3) is 0 Å². The Morgan fingerprint density at radius 2 is 1.72 bits per heavy atom. The molecule has 0 fully saturated rings. The fourth-order valence-electron chi connectivity index (χ4n) is 3.72. The van der Waals surface area contributed by atoms with Gasteiger partial charge in [-0.3, -0.25) is 4.98 Å². The van der Waals surface area contributed by atoms with Crippen molar-refractivity contribution in [1.82, 2.24) is 10.3 Å². The van der Waals surface area contributed by atoms with E-state index in [-0.39, 0.29) is 6.04 Å². The van der Waals surface area contributed by atoms with Crippen molar-refractivity contribution in [3.63, 3.8) is 0 Å². The van der Waals surface area contributed by atoms with Crippen molar-refractivity contribution in [2.24, 2.45) is 0 Å². The molecule has 4 aromatic rings. The molecule has 0 bridgehead atoms. The molecule has 29 heavy (non-hydrogen) atoms. The Bertz CT molecular complexity index is 1100. The number of hydrogen-bond acceptors (Lipinski definition) is 3. The lowest BCUT2D eigenvalue weighted by molar-refractivity contribution is 0.587. The van der Waals surface area contributed by atoms with Crippen LogP contribution in [-0.4, -0.2) is 12.0 Å². The number of aromatic nitrogens is 1. The van der Waals surface area contributed by atoms with Gasteiger partial charge in [0, 0.05) is 34.9 Å². The molecule has 3 nitrogen and oxygen atoms in total. The van der Waals surface area contributed by atoms with Crippen molar-refractivity contribution in [3.8, 4) is 0 Å². The molecule has 1 unspecified atom stereocenters. The van der Waals surface area contributed by atoms with E-state index < -0.39 is 0 Å². The van der Waals surface area contributed by atoms with Crippen LogP contribution in [-0.2, 0) is 13.0 Å². The molecule has 1 atom stereocenters. The molecule has 0 aliphatic rings. The number of anilines is 1. The number of fused-ring (bicyclic) bond motifs is 1. The average Bonchev–Trinajstić information content (AvgIpc) is 2.76. The fraction of sp³-hybridized carbons (Fsp3) is 0.160. The van der Waals surface area contributed by atoms with Crippen molar-refractivity contribution in [3.05, 3.63) is 107 Å². The number of nitrogens with one attached hydrogen (secondary N) is 2. The van der Waals surface area contributed by atoms with E-state index in [1.807, 2.05) is 37.5 Å². The SMILES string of the molecule is CNC(Cc1ccccc1)c1ccccc1CNc1ccnc2cc(Cl)ccc12. The Kier molecular flexibility index (Phi) is 6.09. The van der Waals surface area contributed by atoms with E-state index in [0.29, 0.717) is 5.02 Å². The zero-order chi connectivity index (χ0) is 20.1. The van der Waals surface area contributed by atoms with Gasteiger partial charge in [0.05, 0.1) is 5.52 Å². The van der Waals surface area contributed by atoms with Gasteiger partial charge in [0.15, 0.2) is 0 Å². The predicted octanol–water partition coefficient (Wildman–Crippen LogP) is 6.00. The molecule has 0 aliphatic heterocycles. The van der Waals surface area contributed by atoms with Crippen molar-refractivity contribution in [1.29, 1.82) is 0 Å². The smallest absolute Gasteiger partial charge is 0.0737 e. The van der Waals surface area contributed by atoms with E-state index in [1.54, 1.807) is 0 Å². The second-order valence-corrected chi connectivity index (χ2v) is 7.54. The maximum Gasteiger partial charge on any atom is 0.0737 e. The van der Waals surface area contributed by atoms with E-state index in [2.05, 4.69) is 70.2 Å². The first-order chi connectivity index (χ1) is 14.2. The lowest BCUT2D eigenvalue weighted by Crippen LogP contribution is -2.21. The Morgan fingerprint density at radius 3 is 2.55 bits per heavy atom. The van der Waals surface area contributed by atoms with Gasteiger partial charge in [-0.2, -0.15) is 0 Å². The van der Waals surface area contributed by atoms with E-state index in [4.69, 9.17) is 11.6 Å². The Hall–Kier alpha value is -2.88. The number of hydrogen-bond donors (Lipinski definition) is 2. The third kappa shape index (κ3) is 4.58. The molecule has 2 N–H and O–H groups in total. The van der Waals surface area contributed by atoms with E-state index in [9.17, 15) is 0 Å². The van der Waals surface area contributed by atoms with Crippen LogP contribution in [0.15, 0.2) is 85.1 Å². The van der Waals surface area contributed by atoms with Crippen molar-refractivity contribution < 1.29 is 0 Å². The summed E-state index contributed by atoms with van der Waals surface area (Å²) >= 11 is 6.11. The molecule has 146 valence electrons. The maximum absolute atomic E-state index is 6.11. The van der Waals surface area contributed by atoms with Crippen molar-refractivity contribution in [2.45, 2.75) is 19.0 Å². The molecule has 4 rings (SSSR count). The minimum atomic E-state index is 0.253. The first kappa shape index (κ1) is 19.4.